The van der Waals surface area contributed by atoms with Crippen LogP contribution in [-0.2, 0) is 22.4 Å². The maximum atomic E-state index is 13.3. The number of para-hydroxylation sites is 2. The molecule has 184 valence electrons. The lowest BCUT2D eigenvalue weighted by atomic mass is 10.0. The fourth-order valence-corrected chi connectivity index (χ4v) is 3.99. The number of aryl methyl sites for hydroxylation is 1. The first kappa shape index (κ1) is 24.7. The lowest BCUT2D eigenvalue weighted by molar-refractivity contribution is -0.145. The molecule has 3 aromatic carbocycles. The van der Waals surface area contributed by atoms with Gasteiger partial charge in [-0.1, -0.05) is 61.5 Å². The number of H-pyrrole nitrogens is 1. The molecule has 1 unspecified atom stereocenters. The minimum absolute atomic E-state index is 0.205. The van der Waals surface area contributed by atoms with Crippen molar-refractivity contribution >= 4 is 34.4 Å². The van der Waals surface area contributed by atoms with E-state index in [-0.39, 0.29) is 24.5 Å². The number of ether oxygens (including phenoxy) is 1. The van der Waals surface area contributed by atoms with E-state index in [1.54, 1.807) is 37.3 Å². The van der Waals surface area contributed by atoms with E-state index in [2.05, 4.69) is 22.5 Å². The molecule has 0 aliphatic rings. The van der Waals surface area contributed by atoms with Crippen LogP contribution in [0.25, 0.3) is 10.9 Å². The number of hydrogen-bond donors (Lipinski definition) is 3. The van der Waals surface area contributed by atoms with Crippen molar-refractivity contribution in [1.82, 2.24) is 10.3 Å². The van der Waals surface area contributed by atoms with Crippen LogP contribution in [-0.4, -0.2) is 35.4 Å². The summed E-state index contributed by atoms with van der Waals surface area (Å²) in [6.45, 7) is 4.00. The SMILES string of the molecule is CCOC(=O)C(Cc1ccc(CC)cc1)NC(=O)c1ccccc1NC(=O)c1cc2ccccc2[nH]1. The Hall–Kier alpha value is -4.39. The Morgan fingerprint density at radius 3 is 2.28 bits per heavy atom. The van der Waals surface area contributed by atoms with E-state index in [0.717, 1.165) is 22.9 Å². The highest BCUT2D eigenvalue weighted by Crippen LogP contribution is 2.19. The fraction of sp³-hybridized carbons (Fsp3) is 0.207. The van der Waals surface area contributed by atoms with Crippen LogP contribution in [0.4, 0.5) is 5.69 Å². The van der Waals surface area contributed by atoms with Gasteiger partial charge in [-0.3, -0.25) is 9.59 Å². The third-order valence-corrected chi connectivity index (χ3v) is 5.94. The summed E-state index contributed by atoms with van der Waals surface area (Å²) in [5, 5.41) is 6.52. The second-order valence-corrected chi connectivity index (χ2v) is 8.42. The summed E-state index contributed by atoms with van der Waals surface area (Å²) in [7, 11) is 0. The molecular formula is C29H29N3O4. The van der Waals surface area contributed by atoms with Gasteiger partial charge in [0, 0.05) is 17.3 Å². The third-order valence-electron chi connectivity index (χ3n) is 5.94. The molecule has 0 bridgehead atoms. The topological polar surface area (TPSA) is 100 Å². The molecule has 0 spiro atoms. The monoisotopic (exact) mass is 483 g/mol. The van der Waals surface area contributed by atoms with E-state index in [0.29, 0.717) is 11.4 Å². The van der Waals surface area contributed by atoms with E-state index in [9.17, 15) is 14.4 Å². The quantitative estimate of drug-likeness (QED) is 0.295. The third kappa shape index (κ3) is 5.81. The molecule has 0 aliphatic carbocycles. The van der Waals surface area contributed by atoms with Gasteiger partial charge in [-0.2, -0.15) is 0 Å². The van der Waals surface area contributed by atoms with Gasteiger partial charge in [0.1, 0.15) is 11.7 Å². The van der Waals surface area contributed by atoms with Crippen molar-refractivity contribution in [2.24, 2.45) is 0 Å². The number of hydrogen-bond acceptors (Lipinski definition) is 4. The first-order valence-electron chi connectivity index (χ1n) is 12.0. The number of carbonyl (C=O) groups excluding carboxylic acids is 3. The molecule has 1 heterocycles. The summed E-state index contributed by atoms with van der Waals surface area (Å²) >= 11 is 0. The predicted octanol–water partition coefficient (Wildman–Crippen LogP) is 4.89. The van der Waals surface area contributed by atoms with Crippen molar-refractivity contribution < 1.29 is 19.1 Å². The van der Waals surface area contributed by atoms with Gasteiger partial charge in [0.05, 0.1) is 17.9 Å². The first-order chi connectivity index (χ1) is 17.5. The Bertz CT molecular complexity index is 1340. The zero-order valence-electron chi connectivity index (χ0n) is 20.3. The van der Waals surface area contributed by atoms with E-state index < -0.39 is 17.9 Å². The highest BCUT2D eigenvalue weighted by molar-refractivity contribution is 6.10. The highest BCUT2D eigenvalue weighted by atomic mass is 16.5. The van der Waals surface area contributed by atoms with Gasteiger partial charge in [0.15, 0.2) is 0 Å². The Morgan fingerprint density at radius 2 is 1.56 bits per heavy atom. The molecule has 0 fully saturated rings. The van der Waals surface area contributed by atoms with Gasteiger partial charge in [0.2, 0.25) is 0 Å². The number of aromatic amines is 1. The normalized spacial score (nSPS) is 11.6. The minimum atomic E-state index is -0.873. The smallest absolute Gasteiger partial charge is 0.328 e. The molecule has 36 heavy (non-hydrogen) atoms. The maximum absolute atomic E-state index is 13.3. The zero-order valence-corrected chi connectivity index (χ0v) is 20.3. The summed E-state index contributed by atoms with van der Waals surface area (Å²) in [6, 6.07) is 23.1. The number of fused-ring (bicyclic) bond motifs is 1. The Labute approximate surface area is 209 Å². The molecule has 7 heteroatoms. The Kier molecular flexibility index (Phi) is 7.80. The first-order valence-corrected chi connectivity index (χ1v) is 12.0. The van der Waals surface area contributed by atoms with Crippen LogP contribution in [0.5, 0.6) is 0 Å². The van der Waals surface area contributed by atoms with Crippen molar-refractivity contribution in [2.45, 2.75) is 32.7 Å². The van der Waals surface area contributed by atoms with Crippen LogP contribution < -0.4 is 10.6 Å². The van der Waals surface area contributed by atoms with Crippen LogP contribution in [0.2, 0.25) is 0 Å². The largest absolute Gasteiger partial charge is 0.464 e. The number of benzene rings is 3. The van der Waals surface area contributed by atoms with E-state index >= 15 is 0 Å². The van der Waals surface area contributed by atoms with Crippen molar-refractivity contribution in [3.63, 3.8) is 0 Å². The summed E-state index contributed by atoms with van der Waals surface area (Å²) in [5.74, 6) is -1.36. The lowest BCUT2D eigenvalue weighted by Crippen LogP contribution is -2.43. The average Bonchev–Trinajstić information content (AvgIpc) is 3.34. The van der Waals surface area contributed by atoms with Crippen LogP contribution in [0.1, 0.15) is 45.8 Å². The number of amides is 2. The number of aromatic nitrogens is 1. The molecule has 4 aromatic rings. The molecule has 4 rings (SSSR count). The Balaban J connectivity index is 1.52. The molecule has 0 saturated heterocycles. The molecule has 0 saturated carbocycles. The molecule has 1 aromatic heterocycles. The van der Waals surface area contributed by atoms with Gasteiger partial charge in [0.25, 0.3) is 11.8 Å². The standard InChI is InChI=1S/C29H29N3O4/c1-3-19-13-15-20(16-14-19)17-26(29(35)36-4-2)32-27(33)22-10-6-8-12-24(22)31-28(34)25-18-21-9-5-7-11-23(21)30-25/h5-16,18,26,30H,3-4,17H2,1-2H3,(H,31,34)(H,32,33). The molecule has 1 atom stereocenters. The van der Waals surface area contributed by atoms with E-state index in [1.165, 1.54) is 5.56 Å². The lowest BCUT2D eigenvalue weighted by Gasteiger charge is -2.19. The second kappa shape index (κ2) is 11.4. The van der Waals surface area contributed by atoms with Gasteiger partial charge in [-0.15, -0.1) is 0 Å². The molecule has 7 nitrogen and oxygen atoms in total. The summed E-state index contributed by atoms with van der Waals surface area (Å²) in [4.78, 5) is 41.9. The number of nitrogens with one attached hydrogen (secondary N) is 3. The summed E-state index contributed by atoms with van der Waals surface area (Å²) in [5.41, 5.74) is 3.91. The van der Waals surface area contributed by atoms with Gasteiger partial charge >= 0.3 is 5.97 Å². The molecular weight excluding hydrogens is 454 g/mol. The number of rotatable bonds is 9. The maximum Gasteiger partial charge on any atom is 0.328 e. The molecule has 2 amide bonds. The van der Waals surface area contributed by atoms with Gasteiger partial charge in [-0.25, -0.2) is 4.79 Å². The zero-order chi connectivity index (χ0) is 25.5. The average molecular weight is 484 g/mol. The van der Waals surface area contributed by atoms with Crippen LogP contribution in [0.15, 0.2) is 78.9 Å². The second-order valence-electron chi connectivity index (χ2n) is 8.42. The van der Waals surface area contributed by atoms with Crippen molar-refractivity contribution in [1.29, 1.82) is 0 Å². The van der Waals surface area contributed by atoms with Crippen LogP contribution in [0.3, 0.4) is 0 Å². The predicted molar refractivity (Wildman–Crippen MR) is 140 cm³/mol. The number of carbonyl (C=O) groups is 3. The number of esters is 1. The number of anilines is 1. The van der Waals surface area contributed by atoms with Gasteiger partial charge < -0.3 is 20.4 Å². The van der Waals surface area contributed by atoms with Crippen molar-refractivity contribution in [3.8, 4) is 0 Å². The van der Waals surface area contributed by atoms with Gasteiger partial charge in [-0.05, 0) is 48.7 Å². The van der Waals surface area contributed by atoms with Crippen molar-refractivity contribution in [3.05, 3.63) is 101 Å². The van der Waals surface area contributed by atoms with Crippen molar-refractivity contribution in [2.75, 3.05) is 11.9 Å². The van der Waals surface area contributed by atoms with E-state index in [4.69, 9.17) is 4.74 Å². The molecule has 0 aliphatic heterocycles. The molecule has 0 radical (unpaired) electrons. The highest BCUT2D eigenvalue weighted by Gasteiger charge is 2.25. The summed E-state index contributed by atoms with van der Waals surface area (Å²) in [6.07, 6.45) is 1.21. The summed E-state index contributed by atoms with van der Waals surface area (Å²) < 4.78 is 5.21. The van der Waals surface area contributed by atoms with Crippen LogP contribution >= 0.6 is 0 Å². The Morgan fingerprint density at radius 1 is 0.861 bits per heavy atom. The molecule has 3 N–H and O–H groups in total. The van der Waals surface area contributed by atoms with Crippen LogP contribution in [0, 0.1) is 0 Å². The minimum Gasteiger partial charge on any atom is -0.464 e. The fourth-order valence-electron chi connectivity index (χ4n) is 3.99. The van der Waals surface area contributed by atoms with E-state index in [1.807, 2.05) is 48.5 Å².